The van der Waals surface area contributed by atoms with Crippen LogP contribution in [0.25, 0.3) is 0 Å². The first kappa shape index (κ1) is 21.5. The van der Waals surface area contributed by atoms with Gasteiger partial charge in [0.2, 0.25) is 0 Å². The molecule has 6 heteroatoms. The second-order valence-electron chi connectivity index (χ2n) is 7.22. The maximum absolute atomic E-state index is 5.98. The van der Waals surface area contributed by atoms with Gasteiger partial charge in [-0.2, -0.15) is 0 Å². The summed E-state index contributed by atoms with van der Waals surface area (Å²) in [7, 11) is 1.76. The number of benzene rings is 1. The number of ether oxygens (including phenoxy) is 2. The summed E-state index contributed by atoms with van der Waals surface area (Å²) in [4.78, 5) is 7.19. The molecule has 152 valence electrons. The summed E-state index contributed by atoms with van der Waals surface area (Å²) in [6.07, 6.45) is 2.28. The van der Waals surface area contributed by atoms with Gasteiger partial charge in [0.15, 0.2) is 5.96 Å². The highest BCUT2D eigenvalue weighted by Gasteiger charge is 2.19. The van der Waals surface area contributed by atoms with Crippen molar-refractivity contribution < 1.29 is 9.47 Å². The molecule has 0 aliphatic carbocycles. The number of hydrogen-bond donors (Lipinski definition) is 2. The Morgan fingerprint density at radius 1 is 1.33 bits per heavy atom. The second-order valence-corrected chi connectivity index (χ2v) is 7.22. The molecule has 1 heterocycles. The molecule has 0 amide bonds. The zero-order valence-corrected chi connectivity index (χ0v) is 17.3. The molecular formula is C21H36N4O2. The molecule has 0 bridgehead atoms. The molecule has 0 saturated carbocycles. The van der Waals surface area contributed by atoms with Gasteiger partial charge in [0.25, 0.3) is 0 Å². The Bertz CT molecular complexity index is 571. The molecule has 2 N–H and O–H groups in total. The third-order valence-electron chi connectivity index (χ3n) is 4.72. The number of methoxy groups -OCH3 is 1. The van der Waals surface area contributed by atoms with Gasteiger partial charge in [-0.05, 0) is 51.3 Å². The van der Waals surface area contributed by atoms with Crippen molar-refractivity contribution in [2.75, 3.05) is 46.4 Å². The Balaban J connectivity index is 1.79. The first-order valence-corrected chi connectivity index (χ1v) is 10.1. The summed E-state index contributed by atoms with van der Waals surface area (Å²) in [5.74, 6) is 1.78. The fourth-order valence-corrected chi connectivity index (χ4v) is 3.21. The van der Waals surface area contributed by atoms with Crippen LogP contribution in [0.1, 0.15) is 32.3 Å². The highest BCUT2D eigenvalue weighted by atomic mass is 16.5. The smallest absolute Gasteiger partial charge is 0.191 e. The number of rotatable bonds is 9. The molecule has 1 unspecified atom stereocenters. The largest absolute Gasteiger partial charge is 0.489 e. The lowest BCUT2D eigenvalue weighted by molar-refractivity contribution is 0.128. The quantitative estimate of drug-likeness (QED) is 0.512. The van der Waals surface area contributed by atoms with E-state index in [0.29, 0.717) is 12.6 Å². The van der Waals surface area contributed by atoms with Crippen LogP contribution in [0.15, 0.2) is 29.3 Å². The zero-order chi connectivity index (χ0) is 19.5. The molecule has 0 spiro atoms. The van der Waals surface area contributed by atoms with Crippen LogP contribution in [0.3, 0.4) is 0 Å². The molecular weight excluding hydrogens is 340 g/mol. The van der Waals surface area contributed by atoms with Crippen LogP contribution in [0.2, 0.25) is 0 Å². The molecule has 1 atom stereocenters. The molecule has 1 aliphatic rings. The van der Waals surface area contributed by atoms with Gasteiger partial charge < -0.3 is 25.0 Å². The van der Waals surface area contributed by atoms with Crippen molar-refractivity contribution in [1.29, 1.82) is 0 Å². The summed E-state index contributed by atoms with van der Waals surface area (Å²) in [5.41, 5.74) is 1.20. The fourth-order valence-electron chi connectivity index (χ4n) is 3.21. The average molecular weight is 377 g/mol. The summed E-state index contributed by atoms with van der Waals surface area (Å²) in [5, 5.41) is 6.94. The highest BCUT2D eigenvalue weighted by Crippen LogP contribution is 2.14. The van der Waals surface area contributed by atoms with Gasteiger partial charge >= 0.3 is 0 Å². The van der Waals surface area contributed by atoms with Crippen molar-refractivity contribution in [3.05, 3.63) is 29.8 Å². The Kier molecular flexibility index (Phi) is 9.42. The number of aliphatic imine (C=N–C) groups is 1. The molecule has 0 radical (unpaired) electrons. The Labute approximate surface area is 164 Å². The van der Waals surface area contributed by atoms with E-state index in [4.69, 9.17) is 14.5 Å². The SMILES string of the molecule is CCNC(=NCC(C)Oc1cccc(C)c1)NC1CCN(CCOC)CC1. The van der Waals surface area contributed by atoms with E-state index in [1.807, 2.05) is 12.1 Å². The number of guanidine groups is 1. The van der Waals surface area contributed by atoms with E-state index in [1.165, 1.54) is 5.56 Å². The Hall–Kier alpha value is -1.79. The average Bonchev–Trinajstić information content (AvgIpc) is 2.66. The molecule has 1 aliphatic heterocycles. The lowest BCUT2D eigenvalue weighted by Gasteiger charge is -2.32. The molecule has 6 nitrogen and oxygen atoms in total. The van der Waals surface area contributed by atoms with Crippen molar-refractivity contribution in [2.24, 2.45) is 4.99 Å². The van der Waals surface area contributed by atoms with E-state index in [0.717, 1.165) is 57.3 Å². The molecule has 1 aromatic carbocycles. The van der Waals surface area contributed by atoms with Crippen LogP contribution in [0.4, 0.5) is 0 Å². The van der Waals surface area contributed by atoms with Crippen LogP contribution in [0.5, 0.6) is 5.75 Å². The van der Waals surface area contributed by atoms with Crippen LogP contribution in [-0.4, -0.2) is 69.4 Å². The third-order valence-corrected chi connectivity index (χ3v) is 4.72. The number of nitrogens with one attached hydrogen (secondary N) is 2. The van der Waals surface area contributed by atoms with E-state index in [1.54, 1.807) is 7.11 Å². The topological polar surface area (TPSA) is 58.1 Å². The first-order chi connectivity index (χ1) is 13.1. The van der Waals surface area contributed by atoms with Crippen LogP contribution >= 0.6 is 0 Å². The monoisotopic (exact) mass is 376 g/mol. The van der Waals surface area contributed by atoms with Gasteiger partial charge in [0.1, 0.15) is 11.9 Å². The minimum Gasteiger partial charge on any atom is -0.489 e. The van der Waals surface area contributed by atoms with Gasteiger partial charge in [-0.15, -0.1) is 0 Å². The maximum atomic E-state index is 5.98. The Morgan fingerprint density at radius 3 is 2.78 bits per heavy atom. The normalized spacial score (nSPS) is 17.6. The standard InChI is InChI=1S/C21H36N4O2/c1-5-22-21(24-19-9-11-25(12-10-19)13-14-26-4)23-16-18(3)27-20-8-6-7-17(2)15-20/h6-8,15,18-19H,5,9-14,16H2,1-4H3,(H2,22,23,24). The van der Waals surface area contributed by atoms with Crippen LogP contribution in [0, 0.1) is 6.92 Å². The second kappa shape index (κ2) is 11.8. The van der Waals surface area contributed by atoms with Gasteiger partial charge in [0, 0.05) is 39.3 Å². The molecule has 1 aromatic rings. The Morgan fingerprint density at radius 2 is 2.11 bits per heavy atom. The predicted octanol–water partition coefficient (Wildman–Crippen LogP) is 2.43. The van der Waals surface area contributed by atoms with Crippen molar-refractivity contribution in [3.63, 3.8) is 0 Å². The molecule has 1 fully saturated rings. The van der Waals surface area contributed by atoms with E-state index in [-0.39, 0.29) is 6.10 Å². The highest BCUT2D eigenvalue weighted by molar-refractivity contribution is 5.80. The van der Waals surface area contributed by atoms with E-state index in [2.05, 4.69) is 48.4 Å². The van der Waals surface area contributed by atoms with Crippen LogP contribution in [-0.2, 0) is 4.74 Å². The zero-order valence-electron chi connectivity index (χ0n) is 17.3. The summed E-state index contributed by atoms with van der Waals surface area (Å²) < 4.78 is 11.2. The minimum absolute atomic E-state index is 0.0261. The lowest BCUT2D eigenvalue weighted by Crippen LogP contribution is -2.49. The van der Waals surface area contributed by atoms with Gasteiger partial charge in [-0.1, -0.05) is 12.1 Å². The van der Waals surface area contributed by atoms with E-state index < -0.39 is 0 Å². The van der Waals surface area contributed by atoms with Crippen molar-refractivity contribution in [2.45, 2.75) is 45.8 Å². The number of likely N-dealkylation sites (tertiary alicyclic amines) is 1. The third kappa shape index (κ3) is 8.18. The molecule has 1 saturated heterocycles. The van der Waals surface area contributed by atoms with Gasteiger partial charge in [-0.25, -0.2) is 4.99 Å². The lowest BCUT2D eigenvalue weighted by atomic mass is 10.1. The fraction of sp³-hybridized carbons (Fsp3) is 0.667. The summed E-state index contributed by atoms with van der Waals surface area (Å²) >= 11 is 0. The number of hydrogen-bond acceptors (Lipinski definition) is 4. The number of aryl methyl sites for hydroxylation is 1. The van der Waals surface area contributed by atoms with E-state index >= 15 is 0 Å². The minimum atomic E-state index is 0.0261. The van der Waals surface area contributed by atoms with Gasteiger partial charge in [0.05, 0.1) is 13.2 Å². The van der Waals surface area contributed by atoms with Crippen molar-refractivity contribution in [1.82, 2.24) is 15.5 Å². The number of piperidine rings is 1. The summed E-state index contributed by atoms with van der Waals surface area (Å²) in [6.45, 7) is 11.7. The van der Waals surface area contributed by atoms with E-state index in [9.17, 15) is 0 Å². The molecule has 27 heavy (non-hydrogen) atoms. The molecule has 0 aromatic heterocycles. The molecule has 2 rings (SSSR count). The van der Waals surface area contributed by atoms with Crippen LogP contribution < -0.4 is 15.4 Å². The predicted molar refractivity (Wildman–Crippen MR) is 112 cm³/mol. The van der Waals surface area contributed by atoms with Crippen molar-refractivity contribution >= 4 is 5.96 Å². The summed E-state index contributed by atoms with van der Waals surface area (Å²) in [6, 6.07) is 8.61. The maximum Gasteiger partial charge on any atom is 0.191 e. The van der Waals surface area contributed by atoms with Gasteiger partial charge in [-0.3, -0.25) is 0 Å². The van der Waals surface area contributed by atoms with Crippen molar-refractivity contribution in [3.8, 4) is 5.75 Å². The first-order valence-electron chi connectivity index (χ1n) is 10.1. The number of nitrogens with zero attached hydrogens (tertiary/aromatic N) is 2.